The molecule has 0 fully saturated rings. The number of hydrogen-bond acceptors (Lipinski definition) is 1. The van der Waals surface area contributed by atoms with Gasteiger partial charge in [0.25, 0.3) is 5.91 Å². The highest BCUT2D eigenvalue weighted by atomic mass is 19.1. The zero-order chi connectivity index (χ0) is 15.1. The van der Waals surface area contributed by atoms with Gasteiger partial charge in [-0.05, 0) is 44.5 Å². The second kappa shape index (κ2) is 5.02. The fourth-order valence-electron chi connectivity index (χ4n) is 3.07. The second-order valence-corrected chi connectivity index (χ2v) is 5.66. The third-order valence-electron chi connectivity index (χ3n) is 4.38. The molecule has 1 unspecified atom stereocenters. The number of fused-ring (bicyclic) bond motifs is 1. The first kappa shape index (κ1) is 13.9. The van der Waals surface area contributed by atoms with Crippen LogP contribution in [0, 0.1) is 19.7 Å². The minimum atomic E-state index is -0.410. The lowest BCUT2D eigenvalue weighted by Crippen LogP contribution is -2.41. The summed E-state index contributed by atoms with van der Waals surface area (Å²) >= 11 is 0. The summed E-state index contributed by atoms with van der Waals surface area (Å²) in [5, 5.41) is 0. The molecule has 1 amide bonds. The van der Waals surface area contributed by atoms with Crippen molar-refractivity contribution in [1.29, 1.82) is 0 Å². The number of carbonyl (C=O) groups is 1. The summed E-state index contributed by atoms with van der Waals surface area (Å²) in [7, 11) is 0. The fourth-order valence-corrected chi connectivity index (χ4v) is 3.07. The van der Waals surface area contributed by atoms with Crippen LogP contribution in [0.15, 0.2) is 30.3 Å². The van der Waals surface area contributed by atoms with Crippen LogP contribution in [0.25, 0.3) is 0 Å². The van der Waals surface area contributed by atoms with Crippen LogP contribution in [0.3, 0.4) is 0 Å². The summed E-state index contributed by atoms with van der Waals surface area (Å²) in [5.41, 5.74) is 2.98. The molecule has 110 valence electrons. The van der Waals surface area contributed by atoms with Crippen molar-refractivity contribution >= 4 is 5.91 Å². The first-order valence-corrected chi connectivity index (χ1v) is 7.23. The predicted molar refractivity (Wildman–Crippen MR) is 79.8 cm³/mol. The second-order valence-electron chi connectivity index (χ2n) is 5.66. The number of aromatic nitrogens is 1. The summed E-state index contributed by atoms with van der Waals surface area (Å²) in [6, 6.07) is 9.04. The Kier molecular flexibility index (Phi) is 3.32. The molecule has 1 aromatic heterocycles. The van der Waals surface area contributed by atoms with E-state index in [4.69, 9.17) is 0 Å². The standard InChI is InChI=1S/C17H19FN2O/c1-11-5-4-6-14(16(11)18)17(21)20-10-9-19-12(2)7-8-15(19)13(20)3/h4-8,13H,9-10H2,1-3H3. The summed E-state index contributed by atoms with van der Waals surface area (Å²) < 4.78 is 16.4. The van der Waals surface area contributed by atoms with Crippen molar-refractivity contribution in [3.8, 4) is 0 Å². The van der Waals surface area contributed by atoms with Gasteiger partial charge in [0.2, 0.25) is 0 Å². The van der Waals surface area contributed by atoms with Gasteiger partial charge in [0, 0.05) is 24.5 Å². The van der Waals surface area contributed by atoms with Crippen LogP contribution >= 0.6 is 0 Å². The molecule has 1 atom stereocenters. The maximum Gasteiger partial charge on any atom is 0.257 e. The van der Waals surface area contributed by atoms with E-state index in [1.54, 1.807) is 30.0 Å². The number of aryl methyl sites for hydroxylation is 2. The zero-order valence-corrected chi connectivity index (χ0v) is 12.6. The number of amides is 1. The molecule has 2 heterocycles. The molecule has 21 heavy (non-hydrogen) atoms. The van der Waals surface area contributed by atoms with E-state index in [0.717, 1.165) is 12.2 Å². The molecule has 0 saturated heterocycles. The Labute approximate surface area is 124 Å². The number of carbonyl (C=O) groups excluding carboxylic acids is 1. The van der Waals surface area contributed by atoms with Gasteiger partial charge >= 0.3 is 0 Å². The molecule has 0 bridgehead atoms. The third-order valence-corrected chi connectivity index (χ3v) is 4.38. The lowest BCUT2D eigenvalue weighted by atomic mass is 10.1. The molecule has 0 radical (unpaired) electrons. The Morgan fingerprint density at radius 1 is 1.19 bits per heavy atom. The first-order chi connectivity index (χ1) is 10.0. The van der Waals surface area contributed by atoms with E-state index >= 15 is 0 Å². The zero-order valence-electron chi connectivity index (χ0n) is 12.6. The molecule has 1 aliphatic heterocycles. The molecule has 2 aromatic rings. The Morgan fingerprint density at radius 2 is 1.95 bits per heavy atom. The summed E-state index contributed by atoms with van der Waals surface area (Å²) in [6.45, 7) is 7.11. The Balaban J connectivity index is 1.95. The van der Waals surface area contributed by atoms with Crippen molar-refractivity contribution in [2.45, 2.75) is 33.4 Å². The number of rotatable bonds is 1. The minimum Gasteiger partial charge on any atom is -0.345 e. The molecule has 0 saturated carbocycles. The average Bonchev–Trinajstić information content (AvgIpc) is 2.84. The minimum absolute atomic E-state index is 0.0418. The number of halogens is 1. The largest absolute Gasteiger partial charge is 0.345 e. The van der Waals surface area contributed by atoms with Crippen LogP contribution in [-0.4, -0.2) is 21.9 Å². The van der Waals surface area contributed by atoms with E-state index in [1.165, 1.54) is 5.69 Å². The fraction of sp³-hybridized carbons (Fsp3) is 0.353. The molecule has 1 aromatic carbocycles. The van der Waals surface area contributed by atoms with Crippen LogP contribution < -0.4 is 0 Å². The van der Waals surface area contributed by atoms with Gasteiger partial charge in [0.1, 0.15) is 5.82 Å². The molecule has 3 nitrogen and oxygen atoms in total. The number of hydrogen-bond donors (Lipinski definition) is 0. The highest BCUT2D eigenvalue weighted by Gasteiger charge is 2.30. The maximum absolute atomic E-state index is 14.2. The van der Waals surface area contributed by atoms with Crippen LogP contribution in [0.2, 0.25) is 0 Å². The van der Waals surface area contributed by atoms with Crippen molar-refractivity contribution in [1.82, 2.24) is 9.47 Å². The van der Waals surface area contributed by atoms with Gasteiger partial charge in [0.15, 0.2) is 0 Å². The van der Waals surface area contributed by atoms with E-state index in [9.17, 15) is 9.18 Å². The number of benzene rings is 1. The highest BCUT2D eigenvalue weighted by molar-refractivity contribution is 5.95. The lowest BCUT2D eigenvalue weighted by molar-refractivity contribution is 0.0638. The molecule has 1 aliphatic rings. The van der Waals surface area contributed by atoms with E-state index in [2.05, 4.69) is 17.6 Å². The molecule has 3 rings (SSSR count). The molecular weight excluding hydrogens is 267 g/mol. The number of nitrogens with zero attached hydrogens (tertiary/aromatic N) is 2. The van der Waals surface area contributed by atoms with Gasteiger partial charge < -0.3 is 9.47 Å². The quantitative estimate of drug-likeness (QED) is 0.788. The van der Waals surface area contributed by atoms with Crippen LogP contribution in [0.5, 0.6) is 0 Å². The van der Waals surface area contributed by atoms with Gasteiger partial charge in [-0.25, -0.2) is 4.39 Å². The Bertz CT molecular complexity index is 705. The van der Waals surface area contributed by atoms with Crippen molar-refractivity contribution < 1.29 is 9.18 Å². The van der Waals surface area contributed by atoms with Gasteiger partial charge in [-0.3, -0.25) is 4.79 Å². The Morgan fingerprint density at radius 3 is 2.71 bits per heavy atom. The topological polar surface area (TPSA) is 25.2 Å². The summed E-state index contributed by atoms with van der Waals surface area (Å²) in [6.07, 6.45) is 0. The van der Waals surface area contributed by atoms with Crippen LogP contribution in [0.4, 0.5) is 4.39 Å². The monoisotopic (exact) mass is 286 g/mol. The normalized spacial score (nSPS) is 17.7. The van der Waals surface area contributed by atoms with Gasteiger partial charge in [-0.15, -0.1) is 0 Å². The molecule has 0 spiro atoms. The summed E-state index contributed by atoms with van der Waals surface area (Å²) in [5.74, 6) is -0.638. The first-order valence-electron chi connectivity index (χ1n) is 7.23. The molecular formula is C17H19FN2O. The average molecular weight is 286 g/mol. The van der Waals surface area contributed by atoms with Crippen molar-refractivity contribution in [2.24, 2.45) is 0 Å². The van der Waals surface area contributed by atoms with Gasteiger partial charge in [-0.1, -0.05) is 12.1 Å². The van der Waals surface area contributed by atoms with Crippen molar-refractivity contribution in [3.63, 3.8) is 0 Å². The van der Waals surface area contributed by atoms with Crippen molar-refractivity contribution in [2.75, 3.05) is 6.54 Å². The van der Waals surface area contributed by atoms with Crippen LogP contribution in [0.1, 0.15) is 40.3 Å². The van der Waals surface area contributed by atoms with E-state index < -0.39 is 5.82 Å². The summed E-state index contributed by atoms with van der Waals surface area (Å²) in [4.78, 5) is 14.4. The molecule has 0 N–H and O–H groups in total. The highest BCUT2D eigenvalue weighted by Crippen LogP contribution is 2.29. The van der Waals surface area contributed by atoms with E-state index in [1.807, 2.05) is 13.0 Å². The lowest BCUT2D eigenvalue weighted by Gasteiger charge is -2.35. The third kappa shape index (κ3) is 2.15. The van der Waals surface area contributed by atoms with Crippen LogP contribution in [-0.2, 0) is 6.54 Å². The smallest absolute Gasteiger partial charge is 0.257 e. The van der Waals surface area contributed by atoms with E-state index in [-0.39, 0.29) is 17.5 Å². The van der Waals surface area contributed by atoms with Crippen molar-refractivity contribution in [3.05, 3.63) is 58.7 Å². The van der Waals surface area contributed by atoms with E-state index in [0.29, 0.717) is 12.1 Å². The molecule has 4 heteroatoms. The maximum atomic E-state index is 14.2. The molecule has 0 aliphatic carbocycles. The Hall–Kier alpha value is -2.10. The predicted octanol–water partition coefficient (Wildman–Crippen LogP) is 3.46. The van der Waals surface area contributed by atoms with Gasteiger partial charge in [0.05, 0.1) is 11.6 Å². The van der Waals surface area contributed by atoms with Gasteiger partial charge in [-0.2, -0.15) is 0 Å². The SMILES string of the molecule is Cc1cccc(C(=O)N2CCn3c(C)ccc3C2C)c1F.